The van der Waals surface area contributed by atoms with Gasteiger partial charge in [0.1, 0.15) is 11.6 Å². The summed E-state index contributed by atoms with van der Waals surface area (Å²) in [7, 11) is 0. The fourth-order valence-electron chi connectivity index (χ4n) is 2.22. The van der Waals surface area contributed by atoms with E-state index in [2.05, 4.69) is 11.4 Å². The lowest BCUT2D eigenvalue weighted by Gasteiger charge is -2.10. The number of halogens is 1. The van der Waals surface area contributed by atoms with Gasteiger partial charge in [-0.15, -0.1) is 0 Å². The molecule has 0 spiro atoms. The molecule has 2 rings (SSSR count). The smallest absolute Gasteiger partial charge is 0.227 e. The van der Waals surface area contributed by atoms with E-state index in [4.69, 9.17) is 4.74 Å². The number of amides is 1. The molecule has 0 heterocycles. The van der Waals surface area contributed by atoms with Crippen molar-refractivity contribution in [2.45, 2.75) is 27.2 Å². The number of aryl methyl sites for hydroxylation is 3. The zero-order chi connectivity index (χ0) is 16.1. The van der Waals surface area contributed by atoms with E-state index in [0.717, 1.165) is 22.4 Å². The molecule has 0 bridgehead atoms. The van der Waals surface area contributed by atoms with Crippen molar-refractivity contribution in [2.24, 2.45) is 0 Å². The highest BCUT2D eigenvalue weighted by Gasteiger charge is 2.06. The summed E-state index contributed by atoms with van der Waals surface area (Å²) in [5, 5.41) is 2.70. The molecule has 0 aliphatic heterocycles. The molecule has 22 heavy (non-hydrogen) atoms. The van der Waals surface area contributed by atoms with Crippen molar-refractivity contribution < 1.29 is 13.9 Å². The molecule has 0 radical (unpaired) electrons. The Bertz CT molecular complexity index is 663. The normalized spacial score (nSPS) is 10.4. The fourth-order valence-corrected chi connectivity index (χ4v) is 2.22. The second-order valence-corrected chi connectivity index (χ2v) is 5.43. The van der Waals surface area contributed by atoms with Crippen LogP contribution >= 0.6 is 0 Å². The lowest BCUT2D eigenvalue weighted by atomic mass is 10.1. The number of benzene rings is 2. The molecular weight excluding hydrogens is 281 g/mol. The van der Waals surface area contributed by atoms with Crippen LogP contribution in [0.1, 0.15) is 23.1 Å². The van der Waals surface area contributed by atoms with Crippen LogP contribution in [0.5, 0.6) is 5.75 Å². The summed E-state index contributed by atoms with van der Waals surface area (Å²) < 4.78 is 18.8. The average molecular weight is 301 g/mol. The van der Waals surface area contributed by atoms with E-state index in [0.29, 0.717) is 5.69 Å². The van der Waals surface area contributed by atoms with Gasteiger partial charge in [0.05, 0.1) is 13.0 Å². The van der Waals surface area contributed by atoms with Crippen LogP contribution in [0.3, 0.4) is 0 Å². The van der Waals surface area contributed by atoms with Crippen molar-refractivity contribution in [3.63, 3.8) is 0 Å². The Balaban J connectivity index is 1.86. The number of hydrogen-bond acceptors (Lipinski definition) is 2. The molecule has 0 aromatic heterocycles. The third-order valence-electron chi connectivity index (χ3n) is 3.27. The molecule has 2 aromatic rings. The van der Waals surface area contributed by atoms with Gasteiger partial charge < -0.3 is 10.1 Å². The minimum Gasteiger partial charge on any atom is -0.493 e. The molecule has 4 heteroatoms. The highest BCUT2D eigenvalue weighted by atomic mass is 19.1. The second-order valence-electron chi connectivity index (χ2n) is 5.43. The summed E-state index contributed by atoms with van der Waals surface area (Å²) in [6.45, 7) is 6.10. The Morgan fingerprint density at radius 1 is 1.09 bits per heavy atom. The zero-order valence-corrected chi connectivity index (χ0v) is 13.1. The van der Waals surface area contributed by atoms with E-state index in [1.165, 1.54) is 12.1 Å². The quantitative estimate of drug-likeness (QED) is 0.900. The molecule has 1 N–H and O–H groups in total. The van der Waals surface area contributed by atoms with Gasteiger partial charge in [-0.2, -0.15) is 0 Å². The van der Waals surface area contributed by atoms with Gasteiger partial charge in [0, 0.05) is 5.69 Å². The summed E-state index contributed by atoms with van der Waals surface area (Å²) in [6, 6.07) is 10.2. The SMILES string of the molecule is Cc1cc(C)cc(OCCC(=O)Nc2cc(F)ccc2C)c1. The Morgan fingerprint density at radius 2 is 1.77 bits per heavy atom. The van der Waals surface area contributed by atoms with Gasteiger partial charge in [0.2, 0.25) is 5.91 Å². The highest BCUT2D eigenvalue weighted by molar-refractivity contribution is 5.91. The standard InChI is InChI=1S/C18H20FNO2/c1-12-8-13(2)10-16(9-12)22-7-6-18(21)20-17-11-15(19)5-4-14(17)3/h4-5,8-11H,6-7H2,1-3H3,(H,20,21). The van der Waals surface area contributed by atoms with Gasteiger partial charge in [-0.1, -0.05) is 12.1 Å². The van der Waals surface area contributed by atoms with E-state index >= 15 is 0 Å². The van der Waals surface area contributed by atoms with Crippen LogP contribution in [0.2, 0.25) is 0 Å². The summed E-state index contributed by atoms with van der Waals surface area (Å²) in [4.78, 5) is 11.9. The lowest BCUT2D eigenvalue weighted by molar-refractivity contribution is -0.116. The number of carbonyl (C=O) groups excluding carboxylic acids is 1. The van der Waals surface area contributed by atoms with E-state index in [1.54, 1.807) is 6.07 Å². The number of hydrogen-bond donors (Lipinski definition) is 1. The lowest BCUT2D eigenvalue weighted by Crippen LogP contribution is -2.16. The van der Waals surface area contributed by atoms with Crippen LogP contribution in [-0.4, -0.2) is 12.5 Å². The first kappa shape index (κ1) is 16.0. The summed E-state index contributed by atoms with van der Waals surface area (Å²) in [6.07, 6.45) is 0.211. The van der Waals surface area contributed by atoms with Gasteiger partial charge in [-0.3, -0.25) is 4.79 Å². The maximum absolute atomic E-state index is 13.2. The van der Waals surface area contributed by atoms with E-state index in [1.807, 2.05) is 32.9 Å². The Kier molecular flexibility index (Phi) is 5.15. The predicted molar refractivity (Wildman–Crippen MR) is 85.8 cm³/mol. The molecule has 0 fully saturated rings. The van der Waals surface area contributed by atoms with Gasteiger partial charge in [-0.25, -0.2) is 4.39 Å². The van der Waals surface area contributed by atoms with Crippen LogP contribution in [0.4, 0.5) is 10.1 Å². The van der Waals surface area contributed by atoms with Gasteiger partial charge >= 0.3 is 0 Å². The Hall–Kier alpha value is -2.36. The maximum Gasteiger partial charge on any atom is 0.227 e. The minimum atomic E-state index is -0.368. The number of nitrogens with one attached hydrogen (secondary N) is 1. The maximum atomic E-state index is 13.2. The third kappa shape index (κ3) is 4.58. The molecule has 2 aromatic carbocycles. The molecule has 1 amide bonds. The van der Waals surface area contributed by atoms with Crippen molar-refractivity contribution in [2.75, 3.05) is 11.9 Å². The molecule has 0 saturated carbocycles. The van der Waals surface area contributed by atoms with Crippen molar-refractivity contribution in [3.8, 4) is 5.75 Å². The van der Waals surface area contributed by atoms with Crippen molar-refractivity contribution >= 4 is 11.6 Å². The van der Waals surface area contributed by atoms with Gasteiger partial charge in [0.15, 0.2) is 0 Å². The van der Waals surface area contributed by atoms with E-state index in [9.17, 15) is 9.18 Å². The molecule has 0 aliphatic rings. The monoisotopic (exact) mass is 301 g/mol. The summed E-state index contributed by atoms with van der Waals surface area (Å²) >= 11 is 0. The highest BCUT2D eigenvalue weighted by Crippen LogP contribution is 2.18. The third-order valence-corrected chi connectivity index (χ3v) is 3.27. The first-order chi connectivity index (χ1) is 10.4. The van der Waals surface area contributed by atoms with Crippen molar-refractivity contribution in [1.82, 2.24) is 0 Å². The molecule has 3 nitrogen and oxygen atoms in total. The Labute approximate surface area is 130 Å². The van der Waals surface area contributed by atoms with E-state index < -0.39 is 0 Å². The molecule has 0 unspecified atom stereocenters. The molecule has 0 saturated heterocycles. The second kappa shape index (κ2) is 7.07. The van der Waals surface area contributed by atoms with Crippen LogP contribution in [0, 0.1) is 26.6 Å². The van der Waals surface area contributed by atoms with Crippen LogP contribution in [0.25, 0.3) is 0 Å². The van der Waals surface area contributed by atoms with E-state index in [-0.39, 0.29) is 24.8 Å². The Morgan fingerprint density at radius 3 is 2.45 bits per heavy atom. The predicted octanol–water partition coefficient (Wildman–Crippen LogP) is 4.16. The van der Waals surface area contributed by atoms with Crippen molar-refractivity contribution in [3.05, 3.63) is 58.9 Å². The molecular formula is C18H20FNO2. The number of carbonyl (C=O) groups is 1. The summed E-state index contributed by atoms with van der Waals surface area (Å²) in [5.74, 6) is 0.192. The number of ether oxygens (including phenoxy) is 1. The van der Waals surface area contributed by atoms with Gasteiger partial charge in [0.25, 0.3) is 0 Å². The molecule has 116 valence electrons. The number of rotatable bonds is 5. The molecule has 0 aliphatic carbocycles. The van der Waals surface area contributed by atoms with Gasteiger partial charge in [-0.05, 0) is 61.7 Å². The fraction of sp³-hybridized carbons (Fsp3) is 0.278. The minimum absolute atomic E-state index is 0.196. The first-order valence-electron chi connectivity index (χ1n) is 7.21. The first-order valence-corrected chi connectivity index (χ1v) is 7.21. The number of anilines is 1. The van der Waals surface area contributed by atoms with Crippen molar-refractivity contribution in [1.29, 1.82) is 0 Å². The molecule has 0 atom stereocenters. The van der Waals surface area contributed by atoms with Crippen LogP contribution in [-0.2, 0) is 4.79 Å². The largest absolute Gasteiger partial charge is 0.493 e. The topological polar surface area (TPSA) is 38.3 Å². The van der Waals surface area contributed by atoms with Crippen LogP contribution < -0.4 is 10.1 Å². The average Bonchev–Trinajstić information content (AvgIpc) is 2.42. The zero-order valence-electron chi connectivity index (χ0n) is 13.1. The summed E-state index contributed by atoms with van der Waals surface area (Å²) in [5.41, 5.74) is 3.56. The van der Waals surface area contributed by atoms with Crippen LogP contribution in [0.15, 0.2) is 36.4 Å².